The van der Waals surface area contributed by atoms with Crippen molar-refractivity contribution in [3.8, 4) is 0 Å². The molecule has 0 aromatic carbocycles. The van der Waals surface area contributed by atoms with Crippen LogP contribution in [0, 0.1) is 6.92 Å². The Bertz CT molecular complexity index is 681. The smallest absolute Gasteiger partial charge is 0.275 e. The van der Waals surface area contributed by atoms with Crippen LogP contribution >= 0.6 is 11.3 Å². The fraction of sp³-hybridized carbons (Fsp3) is 0.615. The summed E-state index contributed by atoms with van der Waals surface area (Å²) in [6, 6.07) is 1.51. The average Bonchev–Trinajstić information content (AvgIpc) is 2.82. The van der Waals surface area contributed by atoms with Crippen LogP contribution in [-0.2, 0) is 11.3 Å². The van der Waals surface area contributed by atoms with E-state index in [1.807, 2.05) is 14.0 Å². The quantitative estimate of drug-likeness (QED) is 0.849. The first kappa shape index (κ1) is 14.6. The Hall–Kier alpha value is -1.35. The summed E-state index contributed by atoms with van der Waals surface area (Å²) < 4.78 is 7.08. The Balaban J connectivity index is 1.75. The van der Waals surface area contributed by atoms with Crippen LogP contribution in [0.3, 0.4) is 0 Å². The van der Waals surface area contributed by atoms with E-state index in [4.69, 9.17) is 4.74 Å². The highest BCUT2D eigenvalue weighted by Crippen LogP contribution is 2.15. The molecule has 2 aromatic rings. The molecule has 0 bridgehead atoms. The maximum atomic E-state index is 11.9. The van der Waals surface area contributed by atoms with Gasteiger partial charge in [0, 0.05) is 31.4 Å². The fourth-order valence-electron chi connectivity index (χ4n) is 2.49. The van der Waals surface area contributed by atoms with Gasteiger partial charge < -0.3 is 10.1 Å². The lowest BCUT2D eigenvalue weighted by Crippen LogP contribution is -2.45. The van der Waals surface area contributed by atoms with Gasteiger partial charge in [-0.2, -0.15) is 9.61 Å². The van der Waals surface area contributed by atoms with Crippen molar-refractivity contribution in [2.75, 3.05) is 33.3 Å². The highest BCUT2D eigenvalue weighted by atomic mass is 32.1. The molecule has 1 aliphatic heterocycles. The summed E-state index contributed by atoms with van der Waals surface area (Å²) in [4.78, 5) is 19.2. The summed E-state index contributed by atoms with van der Waals surface area (Å²) in [6.07, 6.45) is 0.209. The summed E-state index contributed by atoms with van der Waals surface area (Å²) in [5.74, 6) is 0. The molecule has 0 spiro atoms. The summed E-state index contributed by atoms with van der Waals surface area (Å²) in [6.45, 7) is 5.89. The molecule has 3 heterocycles. The number of morpholine rings is 1. The Labute approximate surface area is 126 Å². The minimum absolute atomic E-state index is 0.116. The minimum atomic E-state index is -0.116. The standard InChI is InChI=1S/C13H19N5O2S/c1-9-5-12(19)18-13(15-9)21-11(16-18)8-17-3-4-20-10(7-17)6-14-2/h5,10,14H,3-4,6-8H2,1-2H3. The van der Waals surface area contributed by atoms with Gasteiger partial charge in [-0.15, -0.1) is 0 Å². The molecule has 1 fully saturated rings. The van der Waals surface area contributed by atoms with E-state index in [0.717, 1.165) is 43.5 Å². The Morgan fingerprint density at radius 1 is 1.57 bits per heavy atom. The number of fused-ring (bicyclic) bond motifs is 1. The number of aryl methyl sites for hydroxylation is 1. The zero-order chi connectivity index (χ0) is 14.8. The van der Waals surface area contributed by atoms with Crippen LogP contribution in [0.15, 0.2) is 10.9 Å². The van der Waals surface area contributed by atoms with Crippen molar-refractivity contribution < 1.29 is 4.74 Å². The molecule has 8 heteroatoms. The average molecular weight is 309 g/mol. The van der Waals surface area contributed by atoms with E-state index < -0.39 is 0 Å². The number of hydrogen-bond acceptors (Lipinski definition) is 7. The van der Waals surface area contributed by atoms with Crippen LogP contribution in [-0.4, -0.2) is 58.9 Å². The molecular weight excluding hydrogens is 290 g/mol. The molecule has 1 saturated heterocycles. The largest absolute Gasteiger partial charge is 0.374 e. The van der Waals surface area contributed by atoms with Gasteiger partial charge in [-0.25, -0.2) is 4.98 Å². The summed E-state index contributed by atoms with van der Waals surface area (Å²) >= 11 is 1.48. The lowest BCUT2D eigenvalue weighted by atomic mass is 10.2. The van der Waals surface area contributed by atoms with Gasteiger partial charge in [-0.3, -0.25) is 9.69 Å². The normalized spacial score (nSPS) is 20.2. The van der Waals surface area contributed by atoms with Crippen molar-refractivity contribution in [1.29, 1.82) is 0 Å². The van der Waals surface area contributed by atoms with E-state index >= 15 is 0 Å². The second-order valence-corrected chi connectivity index (χ2v) is 6.25. The van der Waals surface area contributed by atoms with Gasteiger partial charge in [0.15, 0.2) is 0 Å². The van der Waals surface area contributed by atoms with E-state index in [-0.39, 0.29) is 11.7 Å². The second-order valence-electron chi connectivity index (χ2n) is 5.21. The first-order valence-electron chi connectivity index (χ1n) is 7.00. The van der Waals surface area contributed by atoms with E-state index in [1.165, 1.54) is 21.9 Å². The summed E-state index contributed by atoms with van der Waals surface area (Å²) in [7, 11) is 1.93. The van der Waals surface area contributed by atoms with Gasteiger partial charge in [0.1, 0.15) is 5.01 Å². The number of hydrogen-bond donors (Lipinski definition) is 1. The number of rotatable bonds is 4. The fourth-order valence-corrected chi connectivity index (χ4v) is 3.48. The van der Waals surface area contributed by atoms with E-state index in [2.05, 4.69) is 20.3 Å². The first-order valence-corrected chi connectivity index (χ1v) is 7.82. The zero-order valence-corrected chi connectivity index (χ0v) is 13.0. The van der Waals surface area contributed by atoms with E-state index in [1.54, 1.807) is 0 Å². The van der Waals surface area contributed by atoms with Crippen molar-refractivity contribution in [2.45, 2.75) is 19.6 Å². The minimum Gasteiger partial charge on any atom is -0.374 e. The van der Waals surface area contributed by atoms with Gasteiger partial charge >= 0.3 is 0 Å². The third-order valence-electron chi connectivity index (χ3n) is 3.43. The number of nitrogens with zero attached hydrogens (tertiary/aromatic N) is 4. The summed E-state index contributed by atoms with van der Waals surface area (Å²) in [5.41, 5.74) is 0.616. The van der Waals surface area contributed by atoms with Crippen molar-refractivity contribution in [3.05, 3.63) is 27.1 Å². The monoisotopic (exact) mass is 309 g/mol. The predicted molar refractivity (Wildman–Crippen MR) is 80.8 cm³/mol. The van der Waals surface area contributed by atoms with Crippen LogP contribution in [0.25, 0.3) is 4.96 Å². The van der Waals surface area contributed by atoms with Gasteiger partial charge in [0.05, 0.1) is 19.3 Å². The van der Waals surface area contributed by atoms with Crippen LogP contribution in [0.1, 0.15) is 10.7 Å². The maximum Gasteiger partial charge on any atom is 0.275 e. The van der Waals surface area contributed by atoms with Gasteiger partial charge in [-0.05, 0) is 14.0 Å². The van der Waals surface area contributed by atoms with Crippen molar-refractivity contribution in [2.24, 2.45) is 0 Å². The predicted octanol–water partition coefficient (Wildman–Crippen LogP) is -0.120. The zero-order valence-electron chi connectivity index (χ0n) is 12.2. The molecule has 1 atom stereocenters. The topological polar surface area (TPSA) is 71.8 Å². The first-order chi connectivity index (χ1) is 10.2. The Kier molecular flexibility index (Phi) is 4.29. The van der Waals surface area contributed by atoms with Crippen LogP contribution < -0.4 is 10.9 Å². The molecule has 1 unspecified atom stereocenters. The molecule has 0 saturated carbocycles. The third kappa shape index (κ3) is 3.29. The van der Waals surface area contributed by atoms with Crippen molar-refractivity contribution in [1.82, 2.24) is 24.8 Å². The van der Waals surface area contributed by atoms with Crippen LogP contribution in [0.5, 0.6) is 0 Å². The molecule has 2 aromatic heterocycles. The molecular formula is C13H19N5O2S. The molecule has 0 aliphatic carbocycles. The Morgan fingerprint density at radius 3 is 3.24 bits per heavy atom. The number of likely N-dealkylation sites (N-methyl/N-ethyl adjacent to an activating group) is 1. The number of aromatic nitrogens is 3. The molecule has 7 nitrogen and oxygen atoms in total. The molecule has 3 rings (SSSR count). The highest BCUT2D eigenvalue weighted by Gasteiger charge is 2.21. The summed E-state index contributed by atoms with van der Waals surface area (Å²) in [5, 5.41) is 8.43. The maximum absolute atomic E-state index is 11.9. The van der Waals surface area contributed by atoms with E-state index in [0.29, 0.717) is 4.96 Å². The highest BCUT2D eigenvalue weighted by molar-refractivity contribution is 7.16. The molecule has 1 N–H and O–H groups in total. The molecule has 1 aliphatic rings. The molecule has 114 valence electrons. The van der Waals surface area contributed by atoms with Gasteiger partial charge in [0.25, 0.3) is 5.56 Å². The second kappa shape index (κ2) is 6.18. The van der Waals surface area contributed by atoms with Gasteiger partial charge in [-0.1, -0.05) is 11.3 Å². The van der Waals surface area contributed by atoms with Crippen molar-refractivity contribution >= 4 is 16.3 Å². The molecule has 0 amide bonds. The van der Waals surface area contributed by atoms with Crippen LogP contribution in [0.2, 0.25) is 0 Å². The lowest BCUT2D eigenvalue weighted by Gasteiger charge is -2.32. The van der Waals surface area contributed by atoms with E-state index in [9.17, 15) is 4.79 Å². The van der Waals surface area contributed by atoms with Crippen molar-refractivity contribution in [3.63, 3.8) is 0 Å². The SMILES string of the molecule is CNCC1CN(Cc2nn3c(=O)cc(C)nc3s2)CCO1. The third-order valence-corrected chi connectivity index (χ3v) is 4.32. The Morgan fingerprint density at radius 2 is 2.43 bits per heavy atom. The number of ether oxygens (including phenoxy) is 1. The van der Waals surface area contributed by atoms with Gasteiger partial charge in [0.2, 0.25) is 4.96 Å². The molecule has 0 radical (unpaired) electrons. The lowest BCUT2D eigenvalue weighted by molar-refractivity contribution is -0.0292. The number of nitrogens with one attached hydrogen (secondary N) is 1. The molecule has 21 heavy (non-hydrogen) atoms. The van der Waals surface area contributed by atoms with Crippen LogP contribution in [0.4, 0.5) is 0 Å².